The number of allylic oxidation sites excluding steroid dienone is 2. The van der Waals surface area contributed by atoms with Crippen molar-refractivity contribution in [3.63, 3.8) is 0 Å². The monoisotopic (exact) mass is 429 g/mol. The molecule has 0 aliphatic heterocycles. The summed E-state index contributed by atoms with van der Waals surface area (Å²) in [6.45, 7) is 12.3. The second-order valence-corrected chi connectivity index (χ2v) is 20.3. The first-order chi connectivity index (χ1) is 13.0. The second kappa shape index (κ2) is 7.69. The van der Waals surface area contributed by atoms with Crippen LogP contribution in [-0.4, -0.2) is 21.6 Å². The standard InChI is InChI=1S/C21H28NO3PSi2/c1-27(2,3)24-26(23,25-28(4,5)6)21-15-18-11-7-8-12-19(18)20(21)14-17-10-9-13-22-16-17/h7-16H,1-6H3. The molecule has 148 valence electrons. The fourth-order valence-corrected chi connectivity index (χ4v) is 10.9. The van der Waals surface area contributed by atoms with E-state index in [9.17, 15) is 4.57 Å². The van der Waals surface area contributed by atoms with Gasteiger partial charge in [-0.25, -0.2) is 0 Å². The van der Waals surface area contributed by atoms with E-state index < -0.39 is 24.2 Å². The highest BCUT2D eigenvalue weighted by Gasteiger charge is 2.43. The number of hydrogen-bond donors (Lipinski definition) is 0. The predicted molar refractivity (Wildman–Crippen MR) is 123 cm³/mol. The van der Waals surface area contributed by atoms with Crippen molar-refractivity contribution in [2.75, 3.05) is 0 Å². The maximum absolute atomic E-state index is 14.2. The lowest BCUT2D eigenvalue weighted by atomic mass is 10.0. The van der Waals surface area contributed by atoms with Gasteiger partial charge in [0.15, 0.2) is 16.6 Å². The van der Waals surface area contributed by atoms with Crippen molar-refractivity contribution in [2.24, 2.45) is 0 Å². The van der Waals surface area contributed by atoms with Gasteiger partial charge in [-0.05, 0) is 79.8 Å². The lowest BCUT2D eigenvalue weighted by molar-refractivity contribution is 0.393. The molecular weight excluding hydrogens is 401 g/mol. The number of benzene rings is 1. The Balaban J connectivity index is 2.18. The number of hydrogen-bond acceptors (Lipinski definition) is 4. The smallest absolute Gasteiger partial charge is 0.342 e. The summed E-state index contributed by atoms with van der Waals surface area (Å²) in [4.78, 5) is 4.21. The molecule has 0 N–H and O–H groups in total. The summed E-state index contributed by atoms with van der Waals surface area (Å²) in [5, 5.41) is 0.655. The molecular formula is C21H28NO3PSi2. The van der Waals surface area contributed by atoms with Crippen LogP contribution in [0.1, 0.15) is 16.7 Å². The quantitative estimate of drug-likeness (QED) is 0.371. The molecule has 1 aromatic carbocycles. The van der Waals surface area contributed by atoms with Crippen LogP contribution in [0.15, 0.2) is 54.1 Å². The van der Waals surface area contributed by atoms with Gasteiger partial charge < -0.3 is 8.43 Å². The summed E-state index contributed by atoms with van der Waals surface area (Å²) < 4.78 is 26.7. The number of nitrogens with zero attached hydrogens (tertiary/aromatic N) is 1. The van der Waals surface area contributed by atoms with Crippen LogP contribution in [0.5, 0.6) is 0 Å². The molecule has 0 unspecified atom stereocenters. The van der Waals surface area contributed by atoms with E-state index in [-0.39, 0.29) is 0 Å². The molecule has 7 heteroatoms. The molecule has 1 heterocycles. The van der Waals surface area contributed by atoms with Gasteiger partial charge in [-0.3, -0.25) is 9.55 Å². The predicted octanol–water partition coefficient (Wildman–Crippen LogP) is 6.87. The van der Waals surface area contributed by atoms with Gasteiger partial charge >= 0.3 is 7.60 Å². The van der Waals surface area contributed by atoms with Gasteiger partial charge in [0.1, 0.15) is 0 Å². The molecule has 2 aromatic rings. The van der Waals surface area contributed by atoms with Crippen molar-refractivity contribution >= 4 is 42.0 Å². The van der Waals surface area contributed by atoms with Crippen LogP contribution in [0.2, 0.25) is 39.3 Å². The minimum absolute atomic E-state index is 0.655. The normalized spacial score (nSPS) is 16.2. The van der Waals surface area contributed by atoms with Crippen molar-refractivity contribution < 1.29 is 13.0 Å². The van der Waals surface area contributed by atoms with Crippen LogP contribution in [0.3, 0.4) is 0 Å². The minimum atomic E-state index is -3.49. The zero-order valence-corrected chi connectivity index (χ0v) is 20.3. The zero-order chi connectivity index (χ0) is 20.6. The SMILES string of the molecule is C[Si](C)(C)OP(=O)(O[Si](C)(C)C)C1=Cc2ccccc2C1=Cc1cccnc1. The maximum Gasteiger partial charge on any atom is 0.342 e. The van der Waals surface area contributed by atoms with Gasteiger partial charge in [0, 0.05) is 12.4 Å². The molecule has 1 aliphatic carbocycles. The summed E-state index contributed by atoms with van der Waals surface area (Å²) in [6.07, 6.45) is 7.54. The third kappa shape index (κ3) is 5.07. The maximum atomic E-state index is 14.2. The Morgan fingerprint density at radius 3 is 2.14 bits per heavy atom. The Morgan fingerprint density at radius 1 is 0.929 bits per heavy atom. The lowest BCUT2D eigenvalue weighted by Gasteiger charge is -2.32. The first-order valence-corrected chi connectivity index (χ1v) is 17.8. The van der Waals surface area contributed by atoms with E-state index in [1.54, 1.807) is 12.4 Å². The molecule has 0 bridgehead atoms. The first-order valence-electron chi connectivity index (χ1n) is 9.42. The summed E-state index contributed by atoms with van der Waals surface area (Å²) >= 11 is 0. The first kappa shape index (κ1) is 21.2. The van der Waals surface area contributed by atoms with Gasteiger partial charge in [0.2, 0.25) is 0 Å². The number of pyridine rings is 1. The summed E-state index contributed by atoms with van der Waals surface area (Å²) in [5.41, 5.74) is 3.92. The van der Waals surface area contributed by atoms with Crippen LogP contribution in [0, 0.1) is 0 Å². The molecule has 0 saturated heterocycles. The molecule has 0 fully saturated rings. The Labute approximate surface area is 170 Å². The largest absolute Gasteiger partial charge is 0.348 e. The van der Waals surface area contributed by atoms with Gasteiger partial charge in [-0.1, -0.05) is 30.3 Å². The zero-order valence-electron chi connectivity index (χ0n) is 17.4. The van der Waals surface area contributed by atoms with E-state index in [0.717, 1.165) is 22.3 Å². The topological polar surface area (TPSA) is 48.4 Å². The van der Waals surface area contributed by atoms with Crippen LogP contribution in [-0.2, 0) is 13.0 Å². The van der Waals surface area contributed by atoms with E-state index in [2.05, 4.69) is 11.1 Å². The Bertz CT molecular complexity index is 953. The fourth-order valence-electron chi connectivity index (χ4n) is 3.08. The fraction of sp³-hybridized carbons (Fsp3) is 0.286. The Morgan fingerprint density at radius 2 is 1.57 bits per heavy atom. The highest BCUT2D eigenvalue weighted by atomic mass is 31.2. The van der Waals surface area contributed by atoms with E-state index in [0.29, 0.717) is 5.31 Å². The Kier molecular flexibility index (Phi) is 5.81. The molecule has 28 heavy (non-hydrogen) atoms. The summed E-state index contributed by atoms with van der Waals surface area (Å²) in [5.74, 6) is 0. The second-order valence-electron chi connectivity index (χ2n) is 8.87. The van der Waals surface area contributed by atoms with Gasteiger partial charge in [0.25, 0.3) is 0 Å². The van der Waals surface area contributed by atoms with E-state index in [1.807, 2.05) is 81.8 Å². The van der Waals surface area contributed by atoms with Crippen molar-refractivity contribution in [3.05, 3.63) is 70.8 Å². The summed E-state index contributed by atoms with van der Waals surface area (Å²) in [7, 11) is -7.75. The van der Waals surface area contributed by atoms with Crippen LogP contribution >= 0.6 is 7.60 Å². The molecule has 0 radical (unpaired) electrons. The molecule has 0 amide bonds. The van der Waals surface area contributed by atoms with Gasteiger partial charge in [0.05, 0.1) is 5.31 Å². The molecule has 0 atom stereocenters. The Hall–Kier alpha value is -1.57. The van der Waals surface area contributed by atoms with E-state index in [4.69, 9.17) is 8.43 Å². The molecule has 4 nitrogen and oxygen atoms in total. The molecule has 1 aromatic heterocycles. The molecule has 3 rings (SSSR count). The third-order valence-electron chi connectivity index (χ3n) is 3.90. The van der Waals surface area contributed by atoms with Gasteiger partial charge in [-0.15, -0.1) is 0 Å². The van der Waals surface area contributed by atoms with Gasteiger partial charge in [-0.2, -0.15) is 0 Å². The number of aromatic nitrogens is 1. The molecule has 1 aliphatic rings. The van der Waals surface area contributed by atoms with Crippen LogP contribution < -0.4 is 0 Å². The average molecular weight is 430 g/mol. The van der Waals surface area contributed by atoms with Crippen molar-refractivity contribution in [1.82, 2.24) is 4.98 Å². The van der Waals surface area contributed by atoms with E-state index in [1.165, 1.54) is 0 Å². The molecule has 0 spiro atoms. The van der Waals surface area contributed by atoms with Crippen molar-refractivity contribution in [3.8, 4) is 0 Å². The highest BCUT2D eigenvalue weighted by Crippen LogP contribution is 2.66. The van der Waals surface area contributed by atoms with Crippen LogP contribution in [0.25, 0.3) is 17.7 Å². The average Bonchev–Trinajstić information content (AvgIpc) is 2.92. The van der Waals surface area contributed by atoms with E-state index >= 15 is 0 Å². The van der Waals surface area contributed by atoms with Crippen molar-refractivity contribution in [2.45, 2.75) is 39.3 Å². The number of fused-ring (bicyclic) bond motifs is 1. The third-order valence-corrected chi connectivity index (χ3v) is 11.2. The van der Waals surface area contributed by atoms with Crippen molar-refractivity contribution in [1.29, 1.82) is 0 Å². The lowest BCUT2D eigenvalue weighted by Crippen LogP contribution is -2.30. The highest BCUT2D eigenvalue weighted by molar-refractivity contribution is 7.62. The minimum Gasteiger partial charge on any atom is -0.348 e. The molecule has 0 saturated carbocycles. The number of rotatable bonds is 6. The van der Waals surface area contributed by atoms with Crippen LogP contribution in [0.4, 0.5) is 0 Å². The summed E-state index contributed by atoms with van der Waals surface area (Å²) in [6, 6.07) is 12.0.